The van der Waals surface area contributed by atoms with Gasteiger partial charge in [0.1, 0.15) is 0 Å². The van der Waals surface area contributed by atoms with Crippen LogP contribution in [0.2, 0.25) is 0 Å². The number of hydrogen-bond acceptors (Lipinski definition) is 4. The summed E-state index contributed by atoms with van der Waals surface area (Å²) in [4.78, 5) is 0.705. The fourth-order valence-electron chi connectivity index (χ4n) is 0.941. The zero-order chi connectivity index (χ0) is 9.14. The van der Waals surface area contributed by atoms with Gasteiger partial charge in [0, 0.05) is 12.0 Å². The van der Waals surface area contributed by atoms with Crippen molar-refractivity contribution in [2.75, 3.05) is 18.6 Å². The summed E-state index contributed by atoms with van der Waals surface area (Å²) in [5, 5.41) is 0. The summed E-state index contributed by atoms with van der Waals surface area (Å²) in [5.74, 6) is 0. The van der Waals surface area contributed by atoms with Crippen LogP contribution in [0.25, 0.3) is 0 Å². The predicted molar refractivity (Wildman–Crippen MR) is 53.2 cm³/mol. The van der Waals surface area contributed by atoms with Crippen molar-refractivity contribution >= 4 is 24.0 Å². The second-order valence-corrected chi connectivity index (χ2v) is 2.96. The van der Waals surface area contributed by atoms with Gasteiger partial charge in [0.25, 0.3) is 0 Å². The molecule has 66 valence electrons. The van der Waals surface area contributed by atoms with Gasteiger partial charge in [-0.1, -0.05) is 6.07 Å². The van der Waals surface area contributed by atoms with Crippen LogP contribution in [0.15, 0.2) is 17.0 Å². The number of methoxy groups -OCH3 is 1. The molecular formula is C8H12N2OS. The molecule has 0 atom stereocenters. The molecule has 0 heterocycles. The van der Waals surface area contributed by atoms with Gasteiger partial charge in [-0.15, -0.1) is 12.6 Å². The summed E-state index contributed by atoms with van der Waals surface area (Å²) in [7, 11) is 1.62. The van der Waals surface area contributed by atoms with Crippen LogP contribution in [-0.2, 0) is 11.3 Å². The Morgan fingerprint density at radius 1 is 1.42 bits per heavy atom. The van der Waals surface area contributed by atoms with Crippen molar-refractivity contribution in [2.45, 2.75) is 11.5 Å². The molecule has 4 heteroatoms. The Bertz CT molecular complexity index is 289. The average molecular weight is 184 g/mol. The minimum atomic E-state index is 0.503. The first-order valence-electron chi connectivity index (χ1n) is 3.51. The van der Waals surface area contributed by atoms with E-state index in [1.54, 1.807) is 13.2 Å². The van der Waals surface area contributed by atoms with Crippen LogP contribution in [0.4, 0.5) is 11.4 Å². The first kappa shape index (κ1) is 9.22. The van der Waals surface area contributed by atoms with Crippen molar-refractivity contribution in [3.8, 4) is 0 Å². The van der Waals surface area contributed by atoms with Crippen LogP contribution >= 0.6 is 12.6 Å². The molecular weight excluding hydrogens is 172 g/mol. The van der Waals surface area contributed by atoms with Gasteiger partial charge in [-0.25, -0.2) is 0 Å². The Morgan fingerprint density at radius 3 is 2.67 bits per heavy atom. The van der Waals surface area contributed by atoms with Gasteiger partial charge in [-0.2, -0.15) is 0 Å². The van der Waals surface area contributed by atoms with Gasteiger partial charge in [-0.05, 0) is 11.6 Å². The van der Waals surface area contributed by atoms with E-state index in [0.29, 0.717) is 22.9 Å². The van der Waals surface area contributed by atoms with Gasteiger partial charge in [0.05, 0.1) is 18.0 Å². The molecule has 1 aromatic rings. The van der Waals surface area contributed by atoms with E-state index < -0.39 is 0 Å². The number of nitrogens with two attached hydrogens (primary N) is 2. The first-order valence-corrected chi connectivity index (χ1v) is 3.96. The standard InChI is InChI=1S/C8H12N2OS/c1-11-4-5-2-3-6(9)7(10)8(5)12/h2-3,12H,4,9-10H2,1H3. The lowest BCUT2D eigenvalue weighted by atomic mass is 10.2. The molecule has 4 N–H and O–H groups in total. The van der Waals surface area contributed by atoms with Gasteiger partial charge in [-0.3, -0.25) is 0 Å². The summed E-state index contributed by atoms with van der Waals surface area (Å²) in [6, 6.07) is 3.61. The highest BCUT2D eigenvalue weighted by atomic mass is 32.1. The molecule has 12 heavy (non-hydrogen) atoms. The van der Waals surface area contributed by atoms with Crippen molar-refractivity contribution < 1.29 is 4.74 Å². The van der Waals surface area contributed by atoms with Crippen molar-refractivity contribution in [1.82, 2.24) is 0 Å². The number of benzene rings is 1. The maximum absolute atomic E-state index is 5.66. The van der Waals surface area contributed by atoms with Crippen LogP contribution in [0.5, 0.6) is 0 Å². The van der Waals surface area contributed by atoms with Crippen LogP contribution in [0, 0.1) is 0 Å². The smallest absolute Gasteiger partial charge is 0.0724 e. The Balaban J connectivity index is 3.08. The van der Waals surface area contributed by atoms with E-state index in [-0.39, 0.29) is 0 Å². The fourth-order valence-corrected chi connectivity index (χ4v) is 1.21. The van der Waals surface area contributed by atoms with E-state index in [1.807, 2.05) is 6.07 Å². The molecule has 0 amide bonds. The van der Waals surface area contributed by atoms with E-state index in [1.165, 1.54) is 0 Å². The average Bonchev–Trinajstić information content (AvgIpc) is 2.07. The van der Waals surface area contributed by atoms with Crippen molar-refractivity contribution in [3.63, 3.8) is 0 Å². The van der Waals surface area contributed by atoms with Gasteiger partial charge >= 0.3 is 0 Å². The molecule has 0 aliphatic heterocycles. The Kier molecular flexibility index (Phi) is 2.83. The van der Waals surface area contributed by atoms with E-state index in [0.717, 1.165) is 5.56 Å². The number of thiol groups is 1. The molecule has 1 aromatic carbocycles. The Morgan fingerprint density at radius 2 is 2.08 bits per heavy atom. The quantitative estimate of drug-likeness (QED) is 0.479. The molecule has 0 bridgehead atoms. The molecule has 1 rings (SSSR count). The largest absolute Gasteiger partial charge is 0.397 e. The van der Waals surface area contributed by atoms with Crippen LogP contribution < -0.4 is 11.5 Å². The topological polar surface area (TPSA) is 61.3 Å². The maximum atomic E-state index is 5.66. The lowest BCUT2D eigenvalue weighted by Crippen LogP contribution is -1.99. The molecule has 0 saturated heterocycles. The zero-order valence-electron chi connectivity index (χ0n) is 6.87. The summed E-state index contributed by atoms with van der Waals surface area (Å²) in [5.41, 5.74) is 13.3. The second kappa shape index (κ2) is 3.69. The van der Waals surface area contributed by atoms with Crippen molar-refractivity contribution in [2.24, 2.45) is 0 Å². The van der Waals surface area contributed by atoms with Gasteiger partial charge in [0.15, 0.2) is 0 Å². The molecule has 0 aromatic heterocycles. The highest BCUT2D eigenvalue weighted by molar-refractivity contribution is 7.80. The number of rotatable bonds is 2. The minimum absolute atomic E-state index is 0.503. The van der Waals surface area contributed by atoms with E-state index >= 15 is 0 Å². The third-order valence-electron chi connectivity index (χ3n) is 1.63. The zero-order valence-corrected chi connectivity index (χ0v) is 7.77. The molecule has 0 aliphatic carbocycles. The van der Waals surface area contributed by atoms with Crippen molar-refractivity contribution in [1.29, 1.82) is 0 Å². The minimum Gasteiger partial charge on any atom is -0.397 e. The molecule has 0 saturated carbocycles. The maximum Gasteiger partial charge on any atom is 0.0724 e. The number of hydrogen-bond donors (Lipinski definition) is 3. The molecule has 0 radical (unpaired) electrons. The number of ether oxygens (including phenoxy) is 1. The molecule has 0 aliphatic rings. The predicted octanol–water partition coefficient (Wildman–Crippen LogP) is 1.29. The monoisotopic (exact) mass is 184 g/mol. The molecule has 0 unspecified atom stereocenters. The number of nitrogen functional groups attached to an aromatic ring is 2. The van der Waals surface area contributed by atoms with Gasteiger partial charge in [0.2, 0.25) is 0 Å². The molecule has 0 fully saturated rings. The van der Waals surface area contributed by atoms with Crippen LogP contribution in [0.3, 0.4) is 0 Å². The summed E-state index contributed by atoms with van der Waals surface area (Å²) >= 11 is 4.23. The van der Waals surface area contributed by atoms with Crippen LogP contribution in [-0.4, -0.2) is 7.11 Å². The Labute approximate surface area is 77.1 Å². The summed E-state index contributed by atoms with van der Waals surface area (Å²) < 4.78 is 4.96. The third-order valence-corrected chi connectivity index (χ3v) is 2.16. The SMILES string of the molecule is COCc1ccc(N)c(N)c1S. The lowest BCUT2D eigenvalue weighted by molar-refractivity contribution is 0.183. The fraction of sp³-hybridized carbons (Fsp3) is 0.250. The Hall–Kier alpha value is -0.870. The highest BCUT2D eigenvalue weighted by Gasteiger charge is 2.04. The molecule has 3 nitrogen and oxygen atoms in total. The lowest BCUT2D eigenvalue weighted by Gasteiger charge is -2.08. The second-order valence-electron chi connectivity index (χ2n) is 2.51. The number of anilines is 2. The first-order chi connectivity index (χ1) is 5.66. The third kappa shape index (κ3) is 1.65. The normalized spacial score (nSPS) is 10.2. The summed E-state index contributed by atoms with van der Waals surface area (Å²) in [6.45, 7) is 0.503. The van der Waals surface area contributed by atoms with E-state index in [2.05, 4.69) is 12.6 Å². The van der Waals surface area contributed by atoms with Crippen LogP contribution in [0.1, 0.15) is 5.56 Å². The van der Waals surface area contributed by atoms with E-state index in [9.17, 15) is 0 Å². The van der Waals surface area contributed by atoms with Gasteiger partial charge < -0.3 is 16.2 Å². The highest BCUT2D eigenvalue weighted by Crippen LogP contribution is 2.27. The van der Waals surface area contributed by atoms with E-state index in [4.69, 9.17) is 16.2 Å². The summed E-state index contributed by atoms with van der Waals surface area (Å²) in [6.07, 6.45) is 0. The molecule has 0 spiro atoms. The van der Waals surface area contributed by atoms with Crippen molar-refractivity contribution in [3.05, 3.63) is 17.7 Å².